The fourth-order valence-electron chi connectivity index (χ4n) is 1.85. The predicted octanol–water partition coefficient (Wildman–Crippen LogP) is 2.54. The number of oxazole rings is 1. The SMILES string of the molecule is CCc1cccnc1CNCc1nc(C)c(C)o1. The molecule has 18 heavy (non-hydrogen) atoms. The summed E-state index contributed by atoms with van der Waals surface area (Å²) in [5.41, 5.74) is 3.34. The molecule has 0 unspecified atom stereocenters. The van der Waals surface area contributed by atoms with Crippen LogP contribution in [0.5, 0.6) is 0 Å². The predicted molar refractivity (Wildman–Crippen MR) is 70.1 cm³/mol. The number of hydrogen-bond acceptors (Lipinski definition) is 4. The Morgan fingerprint density at radius 1 is 1.28 bits per heavy atom. The van der Waals surface area contributed by atoms with Crippen molar-refractivity contribution in [1.29, 1.82) is 0 Å². The van der Waals surface area contributed by atoms with E-state index in [1.54, 1.807) is 0 Å². The number of rotatable bonds is 5. The second-order valence-corrected chi connectivity index (χ2v) is 4.32. The van der Waals surface area contributed by atoms with Gasteiger partial charge in [0.15, 0.2) is 0 Å². The second kappa shape index (κ2) is 5.78. The molecule has 2 aromatic rings. The van der Waals surface area contributed by atoms with Gasteiger partial charge in [-0.1, -0.05) is 13.0 Å². The average molecular weight is 245 g/mol. The average Bonchev–Trinajstić information content (AvgIpc) is 2.69. The third-order valence-corrected chi connectivity index (χ3v) is 3.01. The first kappa shape index (κ1) is 12.8. The van der Waals surface area contributed by atoms with Crippen LogP contribution in [0.2, 0.25) is 0 Å². The maximum atomic E-state index is 5.51. The van der Waals surface area contributed by atoms with E-state index >= 15 is 0 Å². The van der Waals surface area contributed by atoms with Gasteiger partial charge in [0, 0.05) is 12.7 Å². The number of hydrogen-bond donors (Lipinski definition) is 1. The maximum Gasteiger partial charge on any atom is 0.208 e. The fourth-order valence-corrected chi connectivity index (χ4v) is 1.85. The molecule has 2 aromatic heterocycles. The zero-order valence-corrected chi connectivity index (χ0v) is 11.2. The number of aryl methyl sites for hydroxylation is 3. The van der Waals surface area contributed by atoms with Gasteiger partial charge in [-0.05, 0) is 31.9 Å². The van der Waals surface area contributed by atoms with Crippen molar-refractivity contribution in [1.82, 2.24) is 15.3 Å². The Morgan fingerprint density at radius 2 is 2.11 bits per heavy atom. The number of nitrogens with zero attached hydrogens (tertiary/aromatic N) is 2. The Balaban J connectivity index is 1.92. The number of aromatic nitrogens is 2. The molecule has 0 amide bonds. The highest BCUT2D eigenvalue weighted by molar-refractivity contribution is 5.19. The van der Waals surface area contributed by atoms with E-state index in [1.807, 2.05) is 26.1 Å². The summed E-state index contributed by atoms with van der Waals surface area (Å²) in [6, 6.07) is 4.09. The van der Waals surface area contributed by atoms with E-state index in [4.69, 9.17) is 4.42 Å². The second-order valence-electron chi connectivity index (χ2n) is 4.32. The summed E-state index contributed by atoms with van der Waals surface area (Å²) in [4.78, 5) is 8.72. The standard InChI is InChI=1S/C14H19N3O/c1-4-12-6-5-7-16-13(12)8-15-9-14-17-10(2)11(3)18-14/h5-7,15H,4,8-9H2,1-3H3. The minimum absolute atomic E-state index is 0.633. The molecule has 4 heteroatoms. The lowest BCUT2D eigenvalue weighted by molar-refractivity contribution is 0.447. The van der Waals surface area contributed by atoms with Crippen molar-refractivity contribution >= 4 is 0 Å². The van der Waals surface area contributed by atoms with Crippen molar-refractivity contribution < 1.29 is 4.42 Å². The highest BCUT2D eigenvalue weighted by Crippen LogP contribution is 2.09. The Hall–Kier alpha value is -1.68. The van der Waals surface area contributed by atoms with E-state index in [-0.39, 0.29) is 0 Å². The Morgan fingerprint density at radius 3 is 2.78 bits per heavy atom. The van der Waals surface area contributed by atoms with Gasteiger partial charge in [-0.25, -0.2) is 4.98 Å². The first-order chi connectivity index (χ1) is 8.70. The van der Waals surface area contributed by atoms with Crippen LogP contribution in [0.15, 0.2) is 22.7 Å². The molecule has 2 heterocycles. The first-order valence-electron chi connectivity index (χ1n) is 6.27. The molecule has 0 aliphatic carbocycles. The van der Waals surface area contributed by atoms with Crippen LogP contribution in [0.1, 0.15) is 35.5 Å². The Labute approximate surface area is 107 Å². The normalized spacial score (nSPS) is 10.8. The number of nitrogens with one attached hydrogen (secondary N) is 1. The van der Waals surface area contributed by atoms with Crippen LogP contribution < -0.4 is 5.32 Å². The van der Waals surface area contributed by atoms with Gasteiger partial charge in [0.1, 0.15) is 5.76 Å². The molecule has 0 aliphatic rings. The molecule has 0 aromatic carbocycles. The molecule has 0 saturated carbocycles. The van der Waals surface area contributed by atoms with Gasteiger partial charge >= 0.3 is 0 Å². The van der Waals surface area contributed by atoms with Gasteiger partial charge in [0.2, 0.25) is 5.89 Å². The van der Waals surface area contributed by atoms with Crippen LogP contribution in [-0.4, -0.2) is 9.97 Å². The zero-order valence-electron chi connectivity index (χ0n) is 11.2. The molecule has 96 valence electrons. The molecule has 0 bridgehead atoms. The van der Waals surface area contributed by atoms with Crippen LogP contribution in [0.25, 0.3) is 0 Å². The highest BCUT2D eigenvalue weighted by Gasteiger charge is 2.06. The highest BCUT2D eigenvalue weighted by atomic mass is 16.4. The third kappa shape index (κ3) is 2.96. The van der Waals surface area contributed by atoms with Crippen molar-refractivity contribution in [3.63, 3.8) is 0 Å². The van der Waals surface area contributed by atoms with Gasteiger partial charge in [-0.3, -0.25) is 4.98 Å². The van der Waals surface area contributed by atoms with Crippen molar-refractivity contribution in [2.24, 2.45) is 0 Å². The van der Waals surface area contributed by atoms with E-state index in [9.17, 15) is 0 Å². The lowest BCUT2D eigenvalue weighted by Gasteiger charge is -2.06. The summed E-state index contributed by atoms with van der Waals surface area (Å²) in [7, 11) is 0. The first-order valence-corrected chi connectivity index (χ1v) is 6.27. The van der Waals surface area contributed by atoms with Crippen molar-refractivity contribution in [3.05, 3.63) is 46.9 Å². The van der Waals surface area contributed by atoms with Crippen molar-refractivity contribution in [2.75, 3.05) is 0 Å². The molecule has 0 atom stereocenters. The molecule has 0 radical (unpaired) electrons. The van der Waals surface area contributed by atoms with E-state index in [0.717, 1.165) is 36.0 Å². The summed E-state index contributed by atoms with van der Waals surface area (Å²) in [6.07, 6.45) is 2.83. The quantitative estimate of drug-likeness (QED) is 0.879. The van der Waals surface area contributed by atoms with E-state index in [2.05, 4.69) is 28.3 Å². The third-order valence-electron chi connectivity index (χ3n) is 3.01. The summed E-state index contributed by atoms with van der Waals surface area (Å²) >= 11 is 0. The van der Waals surface area contributed by atoms with Gasteiger partial charge in [0.25, 0.3) is 0 Å². The van der Waals surface area contributed by atoms with E-state index in [0.29, 0.717) is 6.54 Å². The molecular weight excluding hydrogens is 226 g/mol. The van der Waals surface area contributed by atoms with Gasteiger partial charge < -0.3 is 9.73 Å². The summed E-state index contributed by atoms with van der Waals surface area (Å²) in [5, 5.41) is 3.31. The molecule has 0 fully saturated rings. The van der Waals surface area contributed by atoms with Gasteiger partial charge in [0.05, 0.1) is 17.9 Å². The topological polar surface area (TPSA) is 51.0 Å². The van der Waals surface area contributed by atoms with Crippen LogP contribution >= 0.6 is 0 Å². The van der Waals surface area contributed by atoms with Crippen LogP contribution in [0, 0.1) is 13.8 Å². The summed E-state index contributed by atoms with van der Waals surface area (Å²) < 4.78 is 5.51. The van der Waals surface area contributed by atoms with Crippen molar-refractivity contribution in [3.8, 4) is 0 Å². The van der Waals surface area contributed by atoms with Crippen LogP contribution in [0.3, 0.4) is 0 Å². The monoisotopic (exact) mass is 245 g/mol. The van der Waals surface area contributed by atoms with Crippen LogP contribution in [0.4, 0.5) is 0 Å². The molecule has 0 spiro atoms. The zero-order chi connectivity index (χ0) is 13.0. The summed E-state index contributed by atoms with van der Waals surface area (Å²) in [5.74, 6) is 1.62. The lowest BCUT2D eigenvalue weighted by atomic mass is 10.1. The molecule has 2 rings (SSSR count). The number of pyridine rings is 1. The largest absolute Gasteiger partial charge is 0.444 e. The van der Waals surface area contributed by atoms with Gasteiger partial charge in [-0.2, -0.15) is 0 Å². The van der Waals surface area contributed by atoms with Crippen LogP contribution in [-0.2, 0) is 19.5 Å². The maximum absolute atomic E-state index is 5.51. The molecular formula is C14H19N3O. The smallest absolute Gasteiger partial charge is 0.208 e. The Kier molecular flexibility index (Phi) is 4.10. The Bertz CT molecular complexity index is 500. The molecule has 0 aliphatic heterocycles. The van der Waals surface area contributed by atoms with Gasteiger partial charge in [-0.15, -0.1) is 0 Å². The lowest BCUT2D eigenvalue weighted by Crippen LogP contribution is -2.15. The molecule has 1 N–H and O–H groups in total. The van der Waals surface area contributed by atoms with E-state index in [1.165, 1.54) is 5.56 Å². The van der Waals surface area contributed by atoms with E-state index < -0.39 is 0 Å². The minimum atomic E-state index is 0.633. The van der Waals surface area contributed by atoms with Crippen molar-refractivity contribution in [2.45, 2.75) is 40.3 Å². The molecule has 0 saturated heterocycles. The molecule has 4 nitrogen and oxygen atoms in total. The minimum Gasteiger partial charge on any atom is -0.444 e. The summed E-state index contributed by atoms with van der Waals surface area (Å²) in [6.45, 7) is 7.40. The fraction of sp³-hybridized carbons (Fsp3) is 0.429.